The van der Waals surface area contributed by atoms with E-state index in [2.05, 4.69) is 20.8 Å². The highest BCUT2D eigenvalue weighted by molar-refractivity contribution is 5.87. The first-order valence-electron chi connectivity index (χ1n) is 7.69. The summed E-state index contributed by atoms with van der Waals surface area (Å²) in [7, 11) is 0. The van der Waals surface area contributed by atoms with Gasteiger partial charge in [0.15, 0.2) is 0 Å². The summed E-state index contributed by atoms with van der Waals surface area (Å²) in [5.41, 5.74) is -0.370. The van der Waals surface area contributed by atoms with E-state index in [1.54, 1.807) is 13.8 Å². The Morgan fingerprint density at radius 1 is 1.14 bits per heavy atom. The molecule has 0 atom stereocenters. The lowest BCUT2D eigenvalue weighted by atomic mass is 9.91. The minimum absolute atomic E-state index is 0.166. The number of hydrogen-bond donors (Lipinski definition) is 1. The van der Waals surface area contributed by atoms with Crippen LogP contribution < -0.4 is 4.74 Å². The van der Waals surface area contributed by atoms with Crippen molar-refractivity contribution < 1.29 is 19.4 Å². The van der Waals surface area contributed by atoms with Gasteiger partial charge in [-0.25, -0.2) is 4.79 Å². The molecule has 0 radical (unpaired) electrons. The molecule has 1 aromatic carbocycles. The number of ether oxygens (including phenoxy) is 1. The largest absolute Gasteiger partial charge is 0.478 e. The molecule has 4 heteroatoms. The molecule has 1 N–H and O–H groups in total. The van der Waals surface area contributed by atoms with Crippen LogP contribution in [-0.2, 0) is 4.79 Å². The van der Waals surface area contributed by atoms with Crippen LogP contribution in [-0.4, -0.2) is 17.0 Å². The molecular weight excluding hydrogens is 280 g/mol. The van der Waals surface area contributed by atoms with Gasteiger partial charge in [0, 0.05) is 0 Å². The molecule has 0 spiro atoms. The third-order valence-electron chi connectivity index (χ3n) is 3.56. The van der Waals surface area contributed by atoms with Crippen molar-refractivity contribution in [2.75, 3.05) is 0 Å². The average Bonchev–Trinajstić information content (AvgIpc) is 2.48. The lowest BCUT2D eigenvalue weighted by Gasteiger charge is -2.19. The fourth-order valence-electron chi connectivity index (χ4n) is 1.06. The molecule has 22 heavy (non-hydrogen) atoms. The second kappa shape index (κ2) is 9.23. The Hall–Kier alpha value is -1.84. The quantitative estimate of drug-likeness (QED) is 0.628. The van der Waals surface area contributed by atoms with Crippen LogP contribution in [0.3, 0.4) is 0 Å². The number of carbonyl (C=O) groups is 2. The maximum absolute atomic E-state index is 11.7. The van der Waals surface area contributed by atoms with E-state index in [4.69, 9.17) is 9.84 Å². The van der Waals surface area contributed by atoms with E-state index in [1.807, 2.05) is 6.92 Å². The number of carboxylic acid groups (broad SMARTS) is 1. The molecule has 124 valence electrons. The predicted molar refractivity (Wildman–Crippen MR) is 88.2 cm³/mol. The van der Waals surface area contributed by atoms with Crippen LogP contribution in [0.4, 0.5) is 0 Å². The van der Waals surface area contributed by atoms with Gasteiger partial charge in [0.05, 0.1) is 11.0 Å². The van der Waals surface area contributed by atoms with E-state index >= 15 is 0 Å². The SMILES string of the molecule is CCC(C)(C)C(=O)Oc1ccc(C(=O)O)cc1.CCC(C)C. The van der Waals surface area contributed by atoms with Gasteiger partial charge < -0.3 is 9.84 Å². The number of aromatic carboxylic acids is 1. The third-order valence-corrected chi connectivity index (χ3v) is 3.56. The summed E-state index contributed by atoms with van der Waals surface area (Å²) in [5.74, 6) is -0.0728. The molecule has 4 nitrogen and oxygen atoms in total. The summed E-state index contributed by atoms with van der Waals surface area (Å²) in [6.07, 6.45) is 1.99. The van der Waals surface area contributed by atoms with Crippen molar-refractivity contribution in [2.45, 2.75) is 54.4 Å². The van der Waals surface area contributed by atoms with Crippen molar-refractivity contribution in [1.82, 2.24) is 0 Å². The van der Waals surface area contributed by atoms with Crippen LogP contribution in [0.25, 0.3) is 0 Å². The van der Waals surface area contributed by atoms with Crippen molar-refractivity contribution in [3.05, 3.63) is 29.8 Å². The van der Waals surface area contributed by atoms with Crippen LogP contribution in [0.2, 0.25) is 0 Å². The Labute approximate surface area is 133 Å². The Kier molecular flexibility index (Phi) is 8.46. The molecule has 0 fully saturated rings. The number of carboxylic acids is 1. The first-order valence-corrected chi connectivity index (χ1v) is 7.69. The molecule has 0 unspecified atom stereocenters. The lowest BCUT2D eigenvalue weighted by Crippen LogP contribution is -2.28. The van der Waals surface area contributed by atoms with Gasteiger partial charge in [0.25, 0.3) is 0 Å². The fraction of sp³-hybridized carbons (Fsp3) is 0.556. The van der Waals surface area contributed by atoms with Crippen LogP contribution in [0, 0.1) is 11.3 Å². The monoisotopic (exact) mass is 308 g/mol. The van der Waals surface area contributed by atoms with Crippen molar-refractivity contribution >= 4 is 11.9 Å². The van der Waals surface area contributed by atoms with E-state index in [0.29, 0.717) is 12.2 Å². The van der Waals surface area contributed by atoms with Gasteiger partial charge in [-0.15, -0.1) is 0 Å². The number of esters is 1. The van der Waals surface area contributed by atoms with Crippen molar-refractivity contribution in [2.24, 2.45) is 11.3 Å². The number of rotatable bonds is 5. The maximum atomic E-state index is 11.7. The first kappa shape index (κ1) is 20.2. The van der Waals surface area contributed by atoms with Crippen LogP contribution in [0.1, 0.15) is 64.7 Å². The van der Waals surface area contributed by atoms with Crippen molar-refractivity contribution in [3.63, 3.8) is 0 Å². The molecule has 0 aromatic heterocycles. The second-order valence-electron chi connectivity index (χ2n) is 6.26. The summed E-state index contributed by atoms with van der Waals surface area (Å²) < 4.78 is 5.17. The molecule has 0 bridgehead atoms. The number of hydrogen-bond acceptors (Lipinski definition) is 3. The highest BCUT2D eigenvalue weighted by Gasteiger charge is 2.27. The summed E-state index contributed by atoms with van der Waals surface area (Å²) in [6, 6.07) is 5.77. The molecule has 0 aliphatic rings. The zero-order valence-electron chi connectivity index (χ0n) is 14.5. The minimum Gasteiger partial charge on any atom is -0.478 e. The van der Waals surface area contributed by atoms with Gasteiger partial charge in [-0.1, -0.05) is 34.1 Å². The van der Waals surface area contributed by atoms with E-state index in [-0.39, 0.29) is 11.5 Å². The smallest absolute Gasteiger partial charge is 0.335 e. The van der Waals surface area contributed by atoms with Crippen LogP contribution in [0.15, 0.2) is 24.3 Å². The minimum atomic E-state index is -1.00. The van der Waals surface area contributed by atoms with E-state index in [9.17, 15) is 9.59 Å². The number of benzene rings is 1. The summed E-state index contributed by atoms with van der Waals surface area (Å²) in [4.78, 5) is 22.4. The first-order chi connectivity index (χ1) is 10.1. The molecule has 1 aromatic rings. The van der Waals surface area contributed by atoms with E-state index in [1.165, 1.54) is 30.7 Å². The topological polar surface area (TPSA) is 63.6 Å². The third kappa shape index (κ3) is 7.25. The second-order valence-corrected chi connectivity index (χ2v) is 6.26. The Bertz CT molecular complexity index is 472. The van der Waals surface area contributed by atoms with Gasteiger partial charge in [-0.05, 0) is 50.5 Å². The molecule has 1 rings (SSSR count). The highest BCUT2D eigenvalue weighted by Crippen LogP contribution is 2.23. The average molecular weight is 308 g/mol. The van der Waals surface area contributed by atoms with E-state index in [0.717, 1.165) is 5.92 Å². The molecule has 0 heterocycles. The summed E-state index contributed by atoms with van der Waals surface area (Å²) in [5, 5.41) is 8.72. The van der Waals surface area contributed by atoms with Crippen molar-refractivity contribution in [3.8, 4) is 5.75 Å². The molecule has 0 amide bonds. The summed E-state index contributed by atoms with van der Waals surface area (Å²) in [6.45, 7) is 12.2. The molecule has 0 aliphatic carbocycles. The molecule has 0 saturated heterocycles. The highest BCUT2D eigenvalue weighted by atomic mass is 16.5. The molecule has 0 aliphatic heterocycles. The maximum Gasteiger partial charge on any atom is 0.335 e. The van der Waals surface area contributed by atoms with Crippen molar-refractivity contribution in [1.29, 1.82) is 0 Å². The van der Waals surface area contributed by atoms with Gasteiger partial charge in [0.2, 0.25) is 0 Å². The molecule has 0 saturated carbocycles. The zero-order valence-corrected chi connectivity index (χ0v) is 14.5. The van der Waals surface area contributed by atoms with Gasteiger partial charge in [-0.2, -0.15) is 0 Å². The Morgan fingerprint density at radius 3 is 1.91 bits per heavy atom. The van der Waals surface area contributed by atoms with E-state index < -0.39 is 11.4 Å². The van der Waals surface area contributed by atoms with Crippen LogP contribution in [0.5, 0.6) is 5.75 Å². The molecular formula is C18H28O4. The summed E-state index contributed by atoms with van der Waals surface area (Å²) >= 11 is 0. The van der Waals surface area contributed by atoms with Gasteiger partial charge in [0.1, 0.15) is 5.75 Å². The van der Waals surface area contributed by atoms with Crippen LogP contribution >= 0.6 is 0 Å². The normalized spacial score (nSPS) is 10.7. The van der Waals surface area contributed by atoms with Gasteiger partial charge >= 0.3 is 11.9 Å². The zero-order chi connectivity index (χ0) is 17.3. The lowest BCUT2D eigenvalue weighted by molar-refractivity contribution is -0.144. The van der Waals surface area contributed by atoms with Gasteiger partial charge in [-0.3, -0.25) is 4.79 Å². The Balaban J connectivity index is 0.000000763. The fourth-order valence-corrected chi connectivity index (χ4v) is 1.06. The Morgan fingerprint density at radius 2 is 1.59 bits per heavy atom. The number of carbonyl (C=O) groups excluding carboxylic acids is 1. The predicted octanol–water partition coefficient (Wildman–Crippen LogP) is 4.78. The standard InChI is InChI=1S/C13H16O4.C5H12/c1-4-13(2,3)12(16)17-10-7-5-9(6-8-10)11(14)15;1-4-5(2)3/h5-8H,4H2,1-3H3,(H,14,15);5H,4H2,1-3H3.